The fourth-order valence-corrected chi connectivity index (χ4v) is 3.53. The second-order valence-electron chi connectivity index (χ2n) is 7.48. The van der Waals surface area contributed by atoms with E-state index in [1.807, 2.05) is 17.0 Å². The number of hydrogen-bond donors (Lipinski definition) is 1. The SMILES string of the molecule is COc1cc2c(cc1OC)C(=O)N(CCC(C)(N)CCCc1ccoc1)C2. The highest BCUT2D eigenvalue weighted by molar-refractivity contribution is 5.99. The lowest BCUT2D eigenvalue weighted by Gasteiger charge is -2.27. The van der Waals surface area contributed by atoms with Gasteiger partial charge in [0.15, 0.2) is 11.5 Å². The normalized spacial score (nSPS) is 15.6. The zero-order valence-electron chi connectivity index (χ0n) is 16.3. The first-order chi connectivity index (χ1) is 12.9. The summed E-state index contributed by atoms with van der Waals surface area (Å²) in [5, 5.41) is 0. The van der Waals surface area contributed by atoms with E-state index in [0.717, 1.165) is 31.2 Å². The van der Waals surface area contributed by atoms with Gasteiger partial charge in [0.1, 0.15) is 0 Å². The molecule has 3 rings (SSSR count). The van der Waals surface area contributed by atoms with Gasteiger partial charge in [-0.1, -0.05) is 0 Å². The van der Waals surface area contributed by atoms with Crippen molar-refractivity contribution in [1.82, 2.24) is 4.90 Å². The van der Waals surface area contributed by atoms with Crippen molar-refractivity contribution in [3.63, 3.8) is 0 Å². The van der Waals surface area contributed by atoms with E-state index >= 15 is 0 Å². The van der Waals surface area contributed by atoms with Gasteiger partial charge >= 0.3 is 0 Å². The number of carbonyl (C=O) groups is 1. The van der Waals surface area contributed by atoms with Crippen LogP contribution in [0.25, 0.3) is 0 Å². The van der Waals surface area contributed by atoms with Crippen LogP contribution in [0.15, 0.2) is 35.1 Å². The minimum atomic E-state index is -0.311. The van der Waals surface area contributed by atoms with Crippen molar-refractivity contribution in [1.29, 1.82) is 0 Å². The summed E-state index contributed by atoms with van der Waals surface area (Å²) in [6, 6.07) is 5.64. The summed E-state index contributed by atoms with van der Waals surface area (Å²) in [6.07, 6.45) is 7.07. The Bertz CT molecular complexity index is 784. The molecular weight excluding hydrogens is 344 g/mol. The van der Waals surface area contributed by atoms with Gasteiger partial charge < -0.3 is 24.5 Å². The molecule has 27 heavy (non-hydrogen) atoms. The smallest absolute Gasteiger partial charge is 0.254 e. The molecule has 0 fully saturated rings. The molecule has 0 aliphatic carbocycles. The number of hydrogen-bond acceptors (Lipinski definition) is 5. The van der Waals surface area contributed by atoms with E-state index in [-0.39, 0.29) is 11.4 Å². The average Bonchev–Trinajstić information content (AvgIpc) is 3.27. The van der Waals surface area contributed by atoms with E-state index in [1.54, 1.807) is 32.8 Å². The first-order valence-corrected chi connectivity index (χ1v) is 9.27. The van der Waals surface area contributed by atoms with Gasteiger partial charge in [-0.05, 0) is 61.9 Å². The maximum atomic E-state index is 12.7. The Balaban J connectivity index is 1.55. The van der Waals surface area contributed by atoms with Crippen LogP contribution in [0.4, 0.5) is 0 Å². The predicted molar refractivity (Wildman–Crippen MR) is 103 cm³/mol. The minimum absolute atomic E-state index is 0.0279. The van der Waals surface area contributed by atoms with Crippen molar-refractivity contribution in [2.24, 2.45) is 5.73 Å². The van der Waals surface area contributed by atoms with Gasteiger partial charge in [0.2, 0.25) is 0 Å². The molecule has 146 valence electrons. The van der Waals surface area contributed by atoms with E-state index in [1.165, 1.54) is 5.56 Å². The lowest BCUT2D eigenvalue weighted by Crippen LogP contribution is -2.40. The summed E-state index contributed by atoms with van der Waals surface area (Å²) < 4.78 is 15.7. The topological polar surface area (TPSA) is 77.9 Å². The maximum absolute atomic E-state index is 12.7. The van der Waals surface area contributed by atoms with Crippen LogP contribution in [0, 0.1) is 0 Å². The first kappa shape index (κ1) is 19.3. The number of methoxy groups -OCH3 is 2. The number of rotatable bonds is 9. The van der Waals surface area contributed by atoms with Gasteiger partial charge in [-0.15, -0.1) is 0 Å². The number of benzene rings is 1. The highest BCUT2D eigenvalue weighted by atomic mass is 16.5. The molecule has 0 saturated carbocycles. The largest absolute Gasteiger partial charge is 0.493 e. The van der Waals surface area contributed by atoms with Crippen LogP contribution in [0.1, 0.15) is 47.7 Å². The average molecular weight is 372 g/mol. The molecule has 1 unspecified atom stereocenters. The molecule has 6 nitrogen and oxygen atoms in total. The third kappa shape index (κ3) is 4.45. The van der Waals surface area contributed by atoms with Crippen LogP contribution in [-0.2, 0) is 13.0 Å². The van der Waals surface area contributed by atoms with Crippen molar-refractivity contribution in [2.45, 2.75) is 44.7 Å². The highest BCUT2D eigenvalue weighted by Crippen LogP contribution is 2.35. The number of carbonyl (C=O) groups excluding carboxylic acids is 1. The molecule has 1 aliphatic heterocycles. The molecule has 2 aromatic rings. The van der Waals surface area contributed by atoms with Gasteiger partial charge in [0.05, 0.1) is 26.7 Å². The van der Waals surface area contributed by atoms with E-state index < -0.39 is 0 Å². The molecule has 1 atom stereocenters. The van der Waals surface area contributed by atoms with Crippen molar-refractivity contribution in [3.05, 3.63) is 47.4 Å². The molecule has 1 aromatic carbocycles. The third-order valence-corrected chi connectivity index (χ3v) is 5.23. The maximum Gasteiger partial charge on any atom is 0.254 e. The fourth-order valence-electron chi connectivity index (χ4n) is 3.53. The quantitative estimate of drug-likeness (QED) is 0.730. The Morgan fingerprint density at radius 1 is 1.22 bits per heavy atom. The van der Waals surface area contributed by atoms with E-state index in [0.29, 0.717) is 30.2 Å². The van der Waals surface area contributed by atoms with Gasteiger partial charge in [0.25, 0.3) is 5.91 Å². The second kappa shape index (κ2) is 8.05. The van der Waals surface area contributed by atoms with E-state index in [4.69, 9.17) is 19.6 Å². The highest BCUT2D eigenvalue weighted by Gasteiger charge is 2.30. The van der Waals surface area contributed by atoms with Gasteiger partial charge in [-0.25, -0.2) is 0 Å². The molecule has 0 radical (unpaired) electrons. The summed E-state index contributed by atoms with van der Waals surface area (Å²) >= 11 is 0. The molecule has 2 heterocycles. The monoisotopic (exact) mass is 372 g/mol. The van der Waals surface area contributed by atoms with Crippen molar-refractivity contribution >= 4 is 5.91 Å². The van der Waals surface area contributed by atoms with Crippen LogP contribution in [-0.4, -0.2) is 37.1 Å². The van der Waals surface area contributed by atoms with Gasteiger partial charge in [-0.2, -0.15) is 0 Å². The van der Waals surface area contributed by atoms with Crippen LogP contribution in [0.5, 0.6) is 11.5 Å². The molecule has 1 aliphatic rings. The number of amides is 1. The minimum Gasteiger partial charge on any atom is -0.493 e. The molecule has 2 N–H and O–H groups in total. The number of ether oxygens (including phenoxy) is 2. The van der Waals surface area contributed by atoms with Crippen LogP contribution in [0.2, 0.25) is 0 Å². The first-order valence-electron chi connectivity index (χ1n) is 9.27. The van der Waals surface area contributed by atoms with Gasteiger partial charge in [0, 0.05) is 24.2 Å². The Morgan fingerprint density at radius 2 is 1.96 bits per heavy atom. The number of nitrogens with zero attached hydrogens (tertiary/aromatic N) is 1. The zero-order chi connectivity index (χ0) is 19.4. The summed E-state index contributed by atoms with van der Waals surface area (Å²) in [6.45, 7) is 3.28. The number of aryl methyl sites for hydroxylation is 1. The lowest BCUT2D eigenvalue weighted by atomic mass is 9.91. The Hall–Kier alpha value is -2.47. The fraction of sp³-hybridized carbons (Fsp3) is 0.476. The molecule has 0 saturated heterocycles. The van der Waals surface area contributed by atoms with Crippen LogP contribution < -0.4 is 15.2 Å². The zero-order valence-corrected chi connectivity index (χ0v) is 16.3. The van der Waals surface area contributed by atoms with Crippen molar-refractivity contribution < 1.29 is 18.7 Å². The third-order valence-electron chi connectivity index (χ3n) is 5.23. The number of furan rings is 1. The molecule has 0 bridgehead atoms. The molecule has 6 heteroatoms. The summed E-state index contributed by atoms with van der Waals surface area (Å²) in [5.74, 6) is 1.25. The Labute approximate surface area is 160 Å². The predicted octanol–water partition coefficient (Wildman–Crippen LogP) is 3.38. The molecular formula is C21H28N2O4. The lowest BCUT2D eigenvalue weighted by molar-refractivity contribution is 0.0766. The molecule has 0 spiro atoms. The number of nitrogens with two attached hydrogens (primary N) is 1. The summed E-state index contributed by atoms with van der Waals surface area (Å²) in [5.41, 5.74) is 9.01. The van der Waals surface area contributed by atoms with Gasteiger partial charge in [-0.3, -0.25) is 4.79 Å². The Kier molecular flexibility index (Phi) is 5.75. The summed E-state index contributed by atoms with van der Waals surface area (Å²) in [7, 11) is 3.17. The second-order valence-corrected chi connectivity index (χ2v) is 7.48. The van der Waals surface area contributed by atoms with Crippen molar-refractivity contribution in [2.75, 3.05) is 20.8 Å². The van der Waals surface area contributed by atoms with E-state index in [2.05, 4.69) is 6.92 Å². The number of fused-ring (bicyclic) bond motifs is 1. The van der Waals surface area contributed by atoms with E-state index in [9.17, 15) is 4.79 Å². The standard InChI is InChI=1S/C21H28N2O4/c1-21(22,7-4-5-15-6-10-27-14-15)8-9-23-13-16-11-18(25-2)19(26-3)12-17(16)20(23)24/h6,10-12,14H,4-5,7-9,13,22H2,1-3H3. The Morgan fingerprint density at radius 3 is 2.63 bits per heavy atom. The van der Waals surface area contributed by atoms with Crippen LogP contribution in [0.3, 0.4) is 0 Å². The summed E-state index contributed by atoms with van der Waals surface area (Å²) in [4.78, 5) is 14.6. The molecule has 1 aromatic heterocycles. The van der Waals surface area contributed by atoms with Crippen LogP contribution >= 0.6 is 0 Å². The van der Waals surface area contributed by atoms with Crippen molar-refractivity contribution in [3.8, 4) is 11.5 Å². The molecule has 1 amide bonds.